The van der Waals surface area contributed by atoms with Gasteiger partial charge in [-0.1, -0.05) is 29.8 Å². The molecule has 0 atom stereocenters. The van der Waals surface area contributed by atoms with Gasteiger partial charge in [-0.3, -0.25) is 33.7 Å². The molecule has 0 bridgehead atoms. The van der Waals surface area contributed by atoms with Crippen molar-refractivity contribution in [3.8, 4) is 28.5 Å². The van der Waals surface area contributed by atoms with E-state index in [1.807, 2.05) is 0 Å². The van der Waals surface area contributed by atoms with Gasteiger partial charge in [-0.05, 0) is 91.0 Å². The molecule has 3 N–H and O–H groups in total. The van der Waals surface area contributed by atoms with Crippen LogP contribution in [0.25, 0.3) is 66.5 Å². The standard InChI is InChI=1S/C24H15F3N4O2.C18H9ClF3N3O.C6H8BNO3/c25-24(26,27)16-2-1-3-18(10-16)31-21(33)9-5-15-12-29-20-8-7-19(30-22(20)23(15)31)14-4-6-17(13-32)28-11-14;19-14-6-5-13-16(24-14)17-10(9-23-13)4-7-15(26)25(17)12-3-1-2-11(8-12)18(20,21)22;1-11-6-3-2-5(4-8-6)7(9)10/h1-12,32H,13H2;1-9H;2-4,9-10H,1H3. The van der Waals surface area contributed by atoms with Crippen molar-refractivity contribution in [3.05, 3.63) is 189 Å². The number of rotatable bonds is 6. The molecule has 0 unspecified atom stereocenters. The smallest absolute Gasteiger partial charge is 0.481 e. The molecule has 352 valence electrons. The van der Waals surface area contributed by atoms with Gasteiger partial charge >= 0.3 is 19.5 Å². The third-order valence-electron chi connectivity index (χ3n) is 10.5. The van der Waals surface area contributed by atoms with Gasteiger partial charge in [0.15, 0.2) is 0 Å². The van der Waals surface area contributed by atoms with Crippen LogP contribution in [-0.2, 0) is 19.0 Å². The van der Waals surface area contributed by atoms with Crippen molar-refractivity contribution in [2.24, 2.45) is 0 Å². The van der Waals surface area contributed by atoms with Crippen LogP contribution in [0.1, 0.15) is 16.8 Å². The van der Waals surface area contributed by atoms with Crippen molar-refractivity contribution in [1.29, 1.82) is 0 Å². The Bertz CT molecular complexity index is 3680. The summed E-state index contributed by atoms with van der Waals surface area (Å²) in [6.07, 6.45) is -3.05. The molecule has 10 rings (SSSR count). The van der Waals surface area contributed by atoms with Crippen LogP contribution in [-0.4, -0.2) is 68.4 Å². The van der Waals surface area contributed by atoms with Crippen LogP contribution >= 0.6 is 11.6 Å². The van der Waals surface area contributed by atoms with Crippen LogP contribution in [0.3, 0.4) is 0 Å². The zero-order valence-electron chi connectivity index (χ0n) is 35.9. The van der Waals surface area contributed by atoms with Gasteiger partial charge < -0.3 is 19.9 Å². The highest BCUT2D eigenvalue weighted by Crippen LogP contribution is 2.33. The molecule has 8 heterocycles. The van der Waals surface area contributed by atoms with Crippen LogP contribution in [0.5, 0.6) is 5.88 Å². The van der Waals surface area contributed by atoms with E-state index in [2.05, 4.69) is 29.9 Å². The Morgan fingerprint density at radius 3 is 1.64 bits per heavy atom. The van der Waals surface area contributed by atoms with Crippen LogP contribution in [0.4, 0.5) is 26.3 Å². The lowest BCUT2D eigenvalue weighted by atomic mass is 9.82. The minimum Gasteiger partial charge on any atom is -0.481 e. The van der Waals surface area contributed by atoms with Gasteiger partial charge in [-0.15, -0.1) is 0 Å². The predicted molar refractivity (Wildman–Crippen MR) is 250 cm³/mol. The van der Waals surface area contributed by atoms with Gasteiger partial charge in [-0.2, -0.15) is 26.3 Å². The van der Waals surface area contributed by atoms with E-state index < -0.39 is 41.7 Å². The maximum absolute atomic E-state index is 13.3. The molecule has 0 aliphatic rings. The second kappa shape index (κ2) is 19.9. The van der Waals surface area contributed by atoms with Gasteiger partial charge in [0.25, 0.3) is 11.1 Å². The highest BCUT2D eigenvalue weighted by atomic mass is 35.5. The number of alkyl halides is 6. The van der Waals surface area contributed by atoms with E-state index in [0.717, 1.165) is 24.3 Å². The number of hydrogen-bond acceptors (Lipinski definition) is 12. The zero-order chi connectivity index (χ0) is 49.9. The Kier molecular flexibility index (Phi) is 13.7. The molecule has 10 aromatic rings. The molecule has 0 spiro atoms. The summed E-state index contributed by atoms with van der Waals surface area (Å²) >= 11 is 5.97. The number of aliphatic hydroxyl groups is 1. The lowest BCUT2D eigenvalue weighted by molar-refractivity contribution is -0.138. The summed E-state index contributed by atoms with van der Waals surface area (Å²) in [7, 11) is 0.0330. The Morgan fingerprint density at radius 1 is 0.614 bits per heavy atom. The average Bonchev–Trinajstić information content (AvgIpc) is 3.36. The first-order valence-electron chi connectivity index (χ1n) is 20.5. The molecular weight excluding hydrogens is 945 g/mol. The number of halogens is 7. The first kappa shape index (κ1) is 48.4. The summed E-state index contributed by atoms with van der Waals surface area (Å²) in [6, 6.07) is 28.1. The molecule has 0 aliphatic heterocycles. The molecule has 22 heteroatoms. The molecule has 2 aromatic carbocycles. The van der Waals surface area contributed by atoms with Gasteiger partial charge in [0.2, 0.25) is 5.88 Å². The van der Waals surface area contributed by atoms with Gasteiger partial charge in [0.05, 0.1) is 58.3 Å². The topological polar surface area (TPSA) is 191 Å². The fourth-order valence-electron chi connectivity index (χ4n) is 7.17. The van der Waals surface area contributed by atoms with E-state index >= 15 is 0 Å². The first-order chi connectivity index (χ1) is 33.4. The van der Waals surface area contributed by atoms with Crippen molar-refractivity contribution in [1.82, 2.24) is 39.0 Å². The zero-order valence-corrected chi connectivity index (χ0v) is 36.7. The molecule has 0 radical (unpaired) electrons. The molecule has 0 aliphatic carbocycles. The quantitative estimate of drug-likeness (QED) is 0.0633. The average molecular weight is 977 g/mol. The van der Waals surface area contributed by atoms with E-state index in [0.29, 0.717) is 72.2 Å². The molecular formula is C48H32BClF6N8O6. The van der Waals surface area contributed by atoms with Gasteiger partial charge in [-0.25, -0.2) is 15.0 Å². The van der Waals surface area contributed by atoms with Crippen molar-refractivity contribution in [2.75, 3.05) is 7.11 Å². The summed E-state index contributed by atoms with van der Waals surface area (Å²) in [5, 5.41) is 27.8. The normalized spacial score (nSPS) is 11.5. The number of ether oxygens (including phenoxy) is 1. The Balaban J connectivity index is 0.000000158. The highest BCUT2D eigenvalue weighted by Gasteiger charge is 2.32. The maximum atomic E-state index is 13.3. The Hall–Kier alpha value is -8.11. The minimum atomic E-state index is -4.55. The van der Waals surface area contributed by atoms with Crippen molar-refractivity contribution < 1.29 is 46.2 Å². The molecule has 0 fully saturated rings. The fourth-order valence-corrected chi connectivity index (χ4v) is 7.31. The lowest BCUT2D eigenvalue weighted by Gasteiger charge is -2.14. The predicted octanol–water partition coefficient (Wildman–Crippen LogP) is 7.88. The Morgan fingerprint density at radius 2 is 1.17 bits per heavy atom. The number of fused-ring (bicyclic) bond motifs is 6. The van der Waals surface area contributed by atoms with Gasteiger partial charge in [0, 0.05) is 70.1 Å². The SMILES string of the molecule is COc1ccc(B(O)O)cn1.O=c1ccc2cnc3ccc(-c4ccc(CO)nc4)nc3c2n1-c1cccc(C(F)(F)F)c1.O=c1ccc2cnc3ccc(Cl)nc3c2n1-c1cccc(C(F)(F)F)c1. The number of aromatic nitrogens is 8. The summed E-state index contributed by atoms with van der Waals surface area (Å²) in [4.78, 5) is 50.9. The number of hydrogen-bond donors (Lipinski definition) is 3. The summed E-state index contributed by atoms with van der Waals surface area (Å²) < 4.78 is 86.4. The van der Waals surface area contributed by atoms with Crippen LogP contribution in [0.15, 0.2) is 156 Å². The third kappa shape index (κ3) is 10.3. The van der Waals surface area contributed by atoms with E-state index in [-0.39, 0.29) is 23.1 Å². The van der Waals surface area contributed by atoms with Crippen LogP contribution in [0, 0.1) is 0 Å². The van der Waals surface area contributed by atoms with Gasteiger partial charge in [0.1, 0.15) is 16.2 Å². The number of aliphatic hydroxyl groups excluding tert-OH is 1. The lowest BCUT2D eigenvalue weighted by Crippen LogP contribution is -2.29. The van der Waals surface area contributed by atoms with Crippen molar-refractivity contribution >= 4 is 68.1 Å². The molecule has 14 nitrogen and oxygen atoms in total. The second-order valence-electron chi connectivity index (χ2n) is 15.0. The number of nitrogens with zero attached hydrogens (tertiary/aromatic N) is 8. The monoisotopic (exact) mass is 976 g/mol. The van der Waals surface area contributed by atoms with Crippen molar-refractivity contribution in [2.45, 2.75) is 19.0 Å². The van der Waals surface area contributed by atoms with Crippen molar-refractivity contribution in [3.63, 3.8) is 0 Å². The summed E-state index contributed by atoms with van der Waals surface area (Å²) in [5.41, 5.74) is 1.95. The highest BCUT2D eigenvalue weighted by molar-refractivity contribution is 6.58. The minimum absolute atomic E-state index is 0.0779. The molecule has 0 amide bonds. The number of pyridine rings is 8. The molecule has 70 heavy (non-hydrogen) atoms. The van der Waals surface area contributed by atoms with Crippen LogP contribution < -0.4 is 21.3 Å². The second-order valence-corrected chi connectivity index (χ2v) is 15.4. The van der Waals surface area contributed by atoms with E-state index in [9.17, 15) is 41.0 Å². The number of methoxy groups -OCH3 is 1. The third-order valence-corrected chi connectivity index (χ3v) is 10.7. The van der Waals surface area contributed by atoms with E-state index in [4.69, 9.17) is 26.4 Å². The summed E-state index contributed by atoms with van der Waals surface area (Å²) in [6.45, 7) is -0.191. The molecule has 0 saturated heterocycles. The molecule has 8 aromatic heterocycles. The maximum Gasteiger partial charge on any atom is 0.490 e. The van der Waals surface area contributed by atoms with Crippen LogP contribution in [0.2, 0.25) is 5.15 Å². The van der Waals surface area contributed by atoms with E-state index in [1.165, 1.54) is 71.1 Å². The molecule has 0 saturated carbocycles. The number of benzene rings is 2. The first-order valence-corrected chi connectivity index (χ1v) is 20.9. The fraction of sp³-hybridized carbons (Fsp3) is 0.0833. The summed E-state index contributed by atoms with van der Waals surface area (Å²) in [5.74, 6) is 0.453. The largest absolute Gasteiger partial charge is 0.490 e. The Labute approximate surface area is 395 Å². The van der Waals surface area contributed by atoms with E-state index in [1.54, 1.807) is 67.0 Å².